The SMILES string of the molecule is C1=CCN(N=CCc2ccccc2)CC1. The molecule has 1 heterocycles. The topological polar surface area (TPSA) is 15.6 Å². The molecule has 0 radical (unpaired) electrons. The van der Waals surface area contributed by atoms with E-state index in [1.165, 1.54) is 5.56 Å². The summed E-state index contributed by atoms with van der Waals surface area (Å²) < 4.78 is 0. The van der Waals surface area contributed by atoms with Gasteiger partial charge >= 0.3 is 0 Å². The lowest BCUT2D eigenvalue weighted by Gasteiger charge is -2.19. The second kappa shape index (κ2) is 5.35. The molecule has 15 heavy (non-hydrogen) atoms. The minimum absolute atomic E-state index is 0.918. The van der Waals surface area contributed by atoms with Crippen molar-refractivity contribution in [3.8, 4) is 0 Å². The van der Waals surface area contributed by atoms with Crippen molar-refractivity contribution < 1.29 is 0 Å². The number of hydrogen-bond acceptors (Lipinski definition) is 2. The molecule has 2 heteroatoms. The maximum atomic E-state index is 4.44. The molecule has 0 aromatic heterocycles. The third-order valence-corrected chi connectivity index (χ3v) is 2.45. The van der Waals surface area contributed by atoms with Crippen molar-refractivity contribution in [2.75, 3.05) is 13.1 Å². The molecule has 0 saturated heterocycles. The van der Waals surface area contributed by atoms with E-state index >= 15 is 0 Å². The van der Waals surface area contributed by atoms with Gasteiger partial charge in [-0.15, -0.1) is 0 Å². The summed E-state index contributed by atoms with van der Waals surface area (Å²) in [7, 11) is 0. The molecule has 1 aromatic carbocycles. The minimum atomic E-state index is 0.918. The monoisotopic (exact) mass is 200 g/mol. The quantitative estimate of drug-likeness (QED) is 0.540. The first-order valence-electron chi connectivity index (χ1n) is 5.41. The predicted octanol–water partition coefficient (Wildman–Crippen LogP) is 2.48. The Bertz CT molecular complexity index is 341. The fourth-order valence-corrected chi connectivity index (χ4v) is 1.61. The van der Waals surface area contributed by atoms with Gasteiger partial charge in [-0.25, -0.2) is 0 Å². The van der Waals surface area contributed by atoms with Gasteiger partial charge in [0.1, 0.15) is 0 Å². The van der Waals surface area contributed by atoms with Crippen LogP contribution in [0.25, 0.3) is 0 Å². The van der Waals surface area contributed by atoms with Crippen molar-refractivity contribution in [2.45, 2.75) is 12.8 Å². The third kappa shape index (κ3) is 3.24. The second-order valence-corrected chi connectivity index (χ2v) is 3.66. The summed E-state index contributed by atoms with van der Waals surface area (Å²) in [4.78, 5) is 0. The molecule has 0 spiro atoms. The maximum absolute atomic E-state index is 4.44. The van der Waals surface area contributed by atoms with Crippen LogP contribution in [0.3, 0.4) is 0 Å². The van der Waals surface area contributed by atoms with Crippen molar-refractivity contribution in [3.05, 3.63) is 48.0 Å². The molecule has 0 N–H and O–H groups in total. The Morgan fingerprint density at radius 2 is 2.07 bits per heavy atom. The summed E-state index contributed by atoms with van der Waals surface area (Å²) >= 11 is 0. The first-order chi connectivity index (χ1) is 7.45. The van der Waals surface area contributed by atoms with E-state index in [-0.39, 0.29) is 0 Å². The van der Waals surface area contributed by atoms with E-state index in [2.05, 4.69) is 46.5 Å². The van der Waals surface area contributed by atoms with E-state index in [1.54, 1.807) is 0 Å². The van der Waals surface area contributed by atoms with Gasteiger partial charge in [0.2, 0.25) is 0 Å². The minimum Gasteiger partial charge on any atom is -0.293 e. The summed E-state index contributed by atoms with van der Waals surface area (Å²) in [5.41, 5.74) is 1.31. The van der Waals surface area contributed by atoms with E-state index in [0.29, 0.717) is 0 Å². The van der Waals surface area contributed by atoms with Crippen LogP contribution in [0.15, 0.2) is 47.6 Å². The van der Waals surface area contributed by atoms with Crippen LogP contribution in [0.5, 0.6) is 0 Å². The van der Waals surface area contributed by atoms with E-state index in [9.17, 15) is 0 Å². The Hall–Kier alpha value is -1.57. The number of hydrazone groups is 1. The van der Waals surface area contributed by atoms with Crippen LogP contribution in [0.1, 0.15) is 12.0 Å². The zero-order valence-corrected chi connectivity index (χ0v) is 8.84. The smallest absolute Gasteiger partial charge is 0.0541 e. The summed E-state index contributed by atoms with van der Waals surface area (Å²) in [6.45, 7) is 1.99. The van der Waals surface area contributed by atoms with Crippen LogP contribution in [-0.2, 0) is 6.42 Å². The highest BCUT2D eigenvalue weighted by Crippen LogP contribution is 2.02. The van der Waals surface area contributed by atoms with Crippen LogP contribution in [0.4, 0.5) is 0 Å². The molecule has 2 rings (SSSR count). The maximum Gasteiger partial charge on any atom is 0.0541 e. The summed E-state index contributed by atoms with van der Waals surface area (Å²) in [6, 6.07) is 10.4. The van der Waals surface area contributed by atoms with Gasteiger partial charge in [-0.1, -0.05) is 42.5 Å². The third-order valence-electron chi connectivity index (χ3n) is 2.45. The molecule has 0 aliphatic carbocycles. The van der Waals surface area contributed by atoms with E-state index < -0.39 is 0 Å². The molecule has 0 bridgehead atoms. The van der Waals surface area contributed by atoms with Crippen LogP contribution < -0.4 is 0 Å². The number of rotatable bonds is 3. The Kier molecular flexibility index (Phi) is 3.55. The van der Waals surface area contributed by atoms with E-state index in [0.717, 1.165) is 25.9 Å². The molecular formula is C13H16N2. The van der Waals surface area contributed by atoms with Gasteiger partial charge in [0, 0.05) is 19.2 Å². The molecule has 1 aromatic rings. The molecule has 2 nitrogen and oxygen atoms in total. The molecule has 78 valence electrons. The fraction of sp³-hybridized carbons (Fsp3) is 0.308. The molecule has 0 amide bonds. The molecule has 1 aliphatic rings. The zero-order valence-electron chi connectivity index (χ0n) is 8.84. The van der Waals surface area contributed by atoms with Gasteiger partial charge in [-0.05, 0) is 12.0 Å². The van der Waals surface area contributed by atoms with Crippen molar-refractivity contribution in [3.63, 3.8) is 0 Å². The predicted molar refractivity (Wildman–Crippen MR) is 64.0 cm³/mol. The summed E-state index contributed by atoms with van der Waals surface area (Å²) in [6.07, 6.45) is 8.41. The van der Waals surface area contributed by atoms with Gasteiger partial charge < -0.3 is 0 Å². The zero-order chi connectivity index (χ0) is 10.3. The molecule has 0 atom stereocenters. The largest absolute Gasteiger partial charge is 0.293 e. The van der Waals surface area contributed by atoms with E-state index in [4.69, 9.17) is 0 Å². The van der Waals surface area contributed by atoms with Crippen molar-refractivity contribution in [1.29, 1.82) is 0 Å². The first kappa shape index (κ1) is 9.97. The molecule has 0 fully saturated rings. The molecule has 0 saturated carbocycles. The van der Waals surface area contributed by atoms with Gasteiger partial charge in [0.05, 0.1) is 6.54 Å². The molecule has 0 unspecified atom stereocenters. The lowest BCUT2D eigenvalue weighted by atomic mass is 10.2. The Morgan fingerprint density at radius 3 is 2.80 bits per heavy atom. The highest BCUT2D eigenvalue weighted by atomic mass is 15.4. The normalized spacial score (nSPS) is 16.1. The van der Waals surface area contributed by atoms with Gasteiger partial charge in [0.25, 0.3) is 0 Å². The summed E-state index contributed by atoms with van der Waals surface area (Å²) in [5, 5.41) is 6.54. The van der Waals surface area contributed by atoms with Crippen LogP contribution in [0.2, 0.25) is 0 Å². The Balaban J connectivity index is 1.82. The number of benzene rings is 1. The number of hydrogen-bond donors (Lipinski definition) is 0. The van der Waals surface area contributed by atoms with Crippen LogP contribution >= 0.6 is 0 Å². The van der Waals surface area contributed by atoms with Crippen molar-refractivity contribution in [1.82, 2.24) is 5.01 Å². The van der Waals surface area contributed by atoms with E-state index in [1.807, 2.05) is 12.3 Å². The highest BCUT2D eigenvalue weighted by molar-refractivity contribution is 5.61. The molecule has 1 aliphatic heterocycles. The van der Waals surface area contributed by atoms with Gasteiger partial charge in [-0.3, -0.25) is 5.01 Å². The average Bonchev–Trinajstić information content (AvgIpc) is 2.32. The van der Waals surface area contributed by atoms with Crippen LogP contribution in [0, 0.1) is 0 Å². The van der Waals surface area contributed by atoms with Crippen molar-refractivity contribution >= 4 is 6.21 Å². The lowest BCUT2D eigenvalue weighted by Crippen LogP contribution is -2.21. The second-order valence-electron chi connectivity index (χ2n) is 3.66. The summed E-state index contributed by atoms with van der Waals surface area (Å²) in [5.74, 6) is 0. The van der Waals surface area contributed by atoms with Gasteiger partial charge in [-0.2, -0.15) is 5.10 Å². The Morgan fingerprint density at radius 1 is 1.20 bits per heavy atom. The number of nitrogens with zero attached hydrogens (tertiary/aromatic N) is 2. The first-order valence-corrected chi connectivity index (χ1v) is 5.41. The lowest BCUT2D eigenvalue weighted by molar-refractivity contribution is 0.317. The highest BCUT2D eigenvalue weighted by Gasteiger charge is 1.99. The Labute approximate surface area is 90.9 Å². The van der Waals surface area contributed by atoms with Gasteiger partial charge in [0.15, 0.2) is 0 Å². The standard InChI is InChI=1S/C13H16N2/c1-3-7-13(8-4-1)9-10-14-15-11-5-2-6-12-15/h1-5,7-8,10H,6,9,11-12H2. The molecular weight excluding hydrogens is 184 g/mol. The van der Waals surface area contributed by atoms with Crippen molar-refractivity contribution in [2.24, 2.45) is 5.10 Å². The fourth-order valence-electron chi connectivity index (χ4n) is 1.61. The average molecular weight is 200 g/mol. The van der Waals surface area contributed by atoms with Crippen LogP contribution in [-0.4, -0.2) is 24.3 Å².